The van der Waals surface area contributed by atoms with Gasteiger partial charge in [-0.05, 0) is 12.3 Å². The SMILES string of the molecule is Cc1cnc2c(F)cc(F)c(C(C)(C)C)c2n1. The van der Waals surface area contributed by atoms with E-state index in [0.29, 0.717) is 16.8 Å². The van der Waals surface area contributed by atoms with Gasteiger partial charge in [0.1, 0.15) is 11.3 Å². The Balaban J connectivity index is 2.95. The Morgan fingerprint density at radius 3 is 2.29 bits per heavy atom. The van der Waals surface area contributed by atoms with E-state index in [1.807, 2.05) is 20.8 Å². The van der Waals surface area contributed by atoms with E-state index >= 15 is 0 Å². The highest BCUT2D eigenvalue weighted by molar-refractivity contribution is 5.80. The molecule has 0 bridgehead atoms. The largest absolute Gasteiger partial charge is 0.250 e. The van der Waals surface area contributed by atoms with Gasteiger partial charge in [-0.3, -0.25) is 0 Å². The first-order valence-corrected chi connectivity index (χ1v) is 5.42. The van der Waals surface area contributed by atoms with Crippen molar-refractivity contribution in [3.8, 4) is 0 Å². The molecule has 0 unspecified atom stereocenters. The summed E-state index contributed by atoms with van der Waals surface area (Å²) < 4.78 is 27.5. The standard InChI is InChI=1S/C13H14F2N2/c1-7-6-16-11-9(15)5-8(14)10(12(11)17-7)13(2,3)4/h5-6H,1-4H3. The minimum absolute atomic E-state index is 0.127. The normalized spacial score (nSPS) is 12.1. The molecule has 0 atom stereocenters. The van der Waals surface area contributed by atoms with E-state index in [-0.39, 0.29) is 5.52 Å². The molecule has 0 aliphatic rings. The molecule has 0 aliphatic heterocycles. The Hall–Kier alpha value is -1.58. The molecular weight excluding hydrogens is 222 g/mol. The van der Waals surface area contributed by atoms with E-state index in [2.05, 4.69) is 9.97 Å². The summed E-state index contributed by atoms with van der Waals surface area (Å²) in [7, 11) is 0. The molecule has 0 aliphatic carbocycles. The van der Waals surface area contributed by atoms with Gasteiger partial charge in [-0.2, -0.15) is 0 Å². The van der Waals surface area contributed by atoms with E-state index in [0.717, 1.165) is 6.07 Å². The lowest BCUT2D eigenvalue weighted by Gasteiger charge is -2.21. The summed E-state index contributed by atoms with van der Waals surface area (Å²) in [6, 6.07) is 0.882. The van der Waals surface area contributed by atoms with Crippen molar-refractivity contribution in [3.05, 3.63) is 35.2 Å². The summed E-state index contributed by atoms with van der Waals surface area (Å²) in [5, 5.41) is 0. The lowest BCUT2D eigenvalue weighted by atomic mass is 9.85. The molecule has 2 aromatic rings. The van der Waals surface area contributed by atoms with Crippen LogP contribution in [0.15, 0.2) is 12.3 Å². The third-order valence-electron chi connectivity index (χ3n) is 2.60. The Labute approximate surface area is 98.7 Å². The number of aromatic nitrogens is 2. The van der Waals surface area contributed by atoms with Crippen molar-refractivity contribution >= 4 is 11.0 Å². The smallest absolute Gasteiger partial charge is 0.153 e. The summed E-state index contributed by atoms with van der Waals surface area (Å²) in [4.78, 5) is 8.21. The predicted molar refractivity (Wildman–Crippen MR) is 62.9 cm³/mol. The highest BCUT2D eigenvalue weighted by atomic mass is 19.1. The third kappa shape index (κ3) is 1.99. The van der Waals surface area contributed by atoms with Crippen LogP contribution in [0, 0.1) is 18.6 Å². The molecule has 1 heterocycles. The summed E-state index contributed by atoms with van der Waals surface area (Å²) in [6.07, 6.45) is 1.48. The molecule has 0 saturated carbocycles. The molecule has 0 saturated heterocycles. The summed E-state index contributed by atoms with van der Waals surface area (Å²) in [5.74, 6) is -1.24. The van der Waals surface area contributed by atoms with Gasteiger partial charge in [-0.15, -0.1) is 0 Å². The van der Waals surface area contributed by atoms with Crippen molar-refractivity contribution in [2.45, 2.75) is 33.1 Å². The van der Waals surface area contributed by atoms with Crippen LogP contribution in [-0.2, 0) is 5.41 Å². The average molecular weight is 236 g/mol. The van der Waals surface area contributed by atoms with Crippen LogP contribution in [0.4, 0.5) is 8.78 Å². The molecule has 0 N–H and O–H groups in total. The second-order valence-corrected chi connectivity index (χ2v) is 5.17. The van der Waals surface area contributed by atoms with E-state index in [1.165, 1.54) is 6.20 Å². The van der Waals surface area contributed by atoms with Gasteiger partial charge in [0, 0.05) is 17.8 Å². The maximum Gasteiger partial charge on any atom is 0.153 e. The van der Waals surface area contributed by atoms with Gasteiger partial charge in [0.15, 0.2) is 5.82 Å². The fraction of sp³-hybridized carbons (Fsp3) is 0.385. The molecule has 2 rings (SSSR count). The van der Waals surface area contributed by atoms with Crippen molar-refractivity contribution in [1.29, 1.82) is 0 Å². The molecule has 0 fully saturated rings. The van der Waals surface area contributed by atoms with Crippen LogP contribution < -0.4 is 0 Å². The van der Waals surface area contributed by atoms with Crippen molar-refractivity contribution in [2.75, 3.05) is 0 Å². The highest BCUT2D eigenvalue weighted by Crippen LogP contribution is 2.31. The van der Waals surface area contributed by atoms with Gasteiger partial charge in [0.2, 0.25) is 0 Å². The topological polar surface area (TPSA) is 25.8 Å². The van der Waals surface area contributed by atoms with Gasteiger partial charge < -0.3 is 0 Å². The Morgan fingerprint density at radius 2 is 1.71 bits per heavy atom. The number of hydrogen-bond donors (Lipinski definition) is 0. The first-order valence-electron chi connectivity index (χ1n) is 5.42. The lowest BCUT2D eigenvalue weighted by Crippen LogP contribution is -2.16. The number of benzene rings is 1. The van der Waals surface area contributed by atoms with Crippen molar-refractivity contribution < 1.29 is 8.78 Å². The average Bonchev–Trinajstić information content (AvgIpc) is 2.14. The molecule has 90 valence electrons. The van der Waals surface area contributed by atoms with E-state index in [1.54, 1.807) is 6.92 Å². The second kappa shape index (κ2) is 3.72. The highest BCUT2D eigenvalue weighted by Gasteiger charge is 2.24. The first kappa shape index (κ1) is 11.9. The summed E-state index contributed by atoms with van der Waals surface area (Å²) in [6.45, 7) is 7.36. The van der Waals surface area contributed by atoms with Crippen molar-refractivity contribution in [1.82, 2.24) is 9.97 Å². The maximum absolute atomic E-state index is 13.9. The van der Waals surface area contributed by atoms with Crippen LogP contribution in [0.25, 0.3) is 11.0 Å². The third-order valence-corrected chi connectivity index (χ3v) is 2.60. The molecular formula is C13H14F2N2. The number of aryl methyl sites for hydroxylation is 1. The van der Waals surface area contributed by atoms with Gasteiger partial charge in [0.05, 0.1) is 11.2 Å². The maximum atomic E-state index is 13.9. The fourth-order valence-corrected chi connectivity index (χ4v) is 1.90. The second-order valence-electron chi connectivity index (χ2n) is 5.17. The predicted octanol–water partition coefficient (Wildman–Crippen LogP) is 3.51. The number of hydrogen-bond acceptors (Lipinski definition) is 2. The van der Waals surface area contributed by atoms with Crippen LogP contribution in [-0.4, -0.2) is 9.97 Å². The number of nitrogens with zero attached hydrogens (tertiary/aromatic N) is 2. The molecule has 4 heteroatoms. The van der Waals surface area contributed by atoms with E-state index in [9.17, 15) is 8.78 Å². The number of fused-ring (bicyclic) bond motifs is 1. The Kier molecular flexibility index (Phi) is 2.60. The first-order chi connectivity index (χ1) is 7.80. The van der Waals surface area contributed by atoms with Gasteiger partial charge >= 0.3 is 0 Å². The van der Waals surface area contributed by atoms with Crippen LogP contribution in [0.5, 0.6) is 0 Å². The monoisotopic (exact) mass is 236 g/mol. The molecule has 1 aromatic heterocycles. The minimum atomic E-state index is -0.669. The van der Waals surface area contributed by atoms with E-state index < -0.39 is 17.0 Å². The van der Waals surface area contributed by atoms with Crippen molar-refractivity contribution in [3.63, 3.8) is 0 Å². The number of halogens is 2. The zero-order chi connectivity index (χ0) is 12.8. The minimum Gasteiger partial charge on any atom is -0.250 e. The zero-order valence-corrected chi connectivity index (χ0v) is 10.3. The molecule has 0 radical (unpaired) electrons. The molecule has 2 nitrogen and oxygen atoms in total. The molecule has 17 heavy (non-hydrogen) atoms. The summed E-state index contributed by atoms with van der Waals surface area (Å²) >= 11 is 0. The van der Waals surface area contributed by atoms with Crippen LogP contribution in [0.1, 0.15) is 32.0 Å². The van der Waals surface area contributed by atoms with Crippen molar-refractivity contribution in [2.24, 2.45) is 0 Å². The van der Waals surface area contributed by atoms with Crippen LogP contribution in [0.3, 0.4) is 0 Å². The molecule has 0 spiro atoms. The summed E-state index contributed by atoms with van der Waals surface area (Å²) in [5.41, 5.74) is 1.05. The Bertz CT molecular complexity index is 586. The molecule has 0 amide bonds. The Morgan fingerprint density at radius 1 is 1.06 bits per heavy atom. The number of rotatable bonds is 0. The lowest BCUT2D eigenvalue weighted by molar-refractivity contribution is 0.517. The van der Waals surface area contributed by atoms with Gasteiger partial charge in [0.25, 0.3) is 0 Å². The fourth-order valence-electron chi connectivity index (χ4n) is 1.90. The van der Waals surface area contributed by atoms with Gasteiger partial charge in [-0.1, -0.05) is 20.8 Å². The molecule has 1 aromatic carbocycles. The van der Waals surface area contributed by atoms with E-state index in [4.69, 9.17) is 0 Å². The van der Waals surface area contributed by atoms with Crippen LogP contribution in [0.2, 0.25) is 0 Å². The van der Waals surface area contributed by atoms with Crippen LogP contribution >= 0.6 is 0 Å². The van der Waals surface area contributed by atoms with Gasteiger partial charge in [-0.25, -0.2) is 18.7 Å². The zero-order valence-electron chi connectivity index (χ0n) is 10.3. The quantitative estimate of drug-likeness (QED) is 0.699.